The third-order valence-corrected chi connectivity index (χ3v) is 8.28. The van der Waals surface area contributed by atoms with E-state index >= 15 is 0 Å². The first-order chi connectivity index (χ1) is 11.1. The second-order valence-corrected chi connectivity index (χ2v) is 9.29. The summed E-state index contributed by atoms with van der Waals surface area (Å²) in [5, 5.41) is 0. The summed E-state index contributed by atoms with van der Waals surface area (Å²) in [6.45, 7) is 2.76. The smallest absolute Gasteiger partial charge is 0.329 e. The molecule has 5 nitrogen and oxygen atoms in total. The Hall–Kier alpha value is -1.10. The summed E-state index contributed by atoms with van der Waals surface area (Å²) in [5.41, 5.74) is 0.546. The van der Waals surface area contributed by atoms with E-state index in [1.165, 1.54) is 6.08 Å². The highest BCUT2D eigenvalue weighted by atomic mass is 79.9. The third-order valence-electron chi connectivity index (χ3n) is 3.77. The van der Waals surface area contributed by atoms with Gasteiger partial charge in [-0.25, -0.2) is 0 Å². The van der Waals surface area contributed by atoms with Gasteiger partial charge in [-0.05, 0) is 11.6 Å². The van der Waals surface area contributed by atoms with Crippen molar-refractivity contribution in [2.24, 2.45) is 5.92 Å². The van der Waals surface area contributed by atoms with Gasteiger partial charge in [0.2, 0.25) is 0 Å². The Bertz CT molecular complexity index is 848. The number of benzene rings is 1. The molecule has 0 radical (unpaired) electrons. The van der Waals surface area contributed by atoms with E-state index in [2.05, 4.69) is 22.5 Å². The molecule has 0 aromatic heterocycles. The highest BCUT2D eigenvalue weighted by Gasteiger charge is 2.69. The molecule has 1 aliphatic rings. The standard InChI is InChI=1S/C14H13BrF2O5S2/c1-2-11-9-22-13(8-7-10-5-3-4-6-12(10)15)14(11,23(16,18)19)24(17,20)21/h2-8,11,13H,1,9H2/b8-7+. The lowest BCUT2D eigenvalue weighted by atomic mass is 10.0. The molecule has 132 valence electrons. The van der Waals surface area contributed by atoms with Gasteiger partial charge in [0.05, 0.1) is 6.61 Å². The molecule has 1 saturated heterocycles. The molecule has 1 fully saturated rings. The molecule has 2 atom stereocenters. The van der Waals surface area contributed by atoms with Gasteiger partial charge in [0, 0.05) is 10.4 Å². The monoisotopic (exact) mass is 442 g/mol. The molecule has 0 aliphatic carbocycles. The van der Waals surface area contributed by atoms with Crippen molar-refractivity contribution in [1.29, 1.82) is 0 Å². The van der Waals surface area contributed by atoms with E-state index < -0.39 is 43.2 Å². The molecule has 1 heterocycles. The molecule has 0 N–H and O–H groups in total. The Morgan fingerprint density at radius 2 is 1.79 bits per heavy atom. The highest BCUT2D eigenvalue weighted by Crippen LogP contribution is 2.46. The first-order valence-electron chi connectivity index (χ1n) is 6.61. The summed E-state index contributed by atoms with van der Waals surface area (Å²) in [6.07, 6.45) is 1.33. The van der Waals surface area contributed by atoms with Crippen molar-refractivity contribution in [3.8, 4) is 0 Å². The van der Waals surface area contributed by atoms with E-state index in [1.807, 2.05) is 0 Å². The molecule has 0 amide bonds. The zero-order chi connectivity index (χ0) is 18.2. The maximum absolute atomic E-state index is 13.9. The van der Waals surface area contributed by atoms with Crippen molar-refractivity contribution in [2.45, 2.75) is 10.2 Å². The van der Waals surface area contributed by atoms with Gasteiger partial charge in [-0.2, -0.15) is 16.8 Å². The predicted molar refractivity (Wildman–Crippen MR) is 89.4 cm³/mol. The maximum Gasteiger partial charge on any atom is 0.329 e. The Morgan fingerprint density at radius 1 is 1.21 bits per heavy atom. The number of halogens is 3. The van der Waals surface area contributed by atoms with Gasteiger partial charge in [-0.1, -0.05) is 52.4 Å². The summed E-state index contributed by atoms with van der Waals surface area (Å²) < 4.78 is 76.5. The summed E-state index contributed by atoms with van der Waals surface area (Å²) in [7, 11) is -11.7. The van der Waals surface area contributed by atoms with Crippen LogP contribution in [0.5, 0.6) is 0 Å². The predicted octanol–water partition coefficient (Wildman–Crippen LogP) is 2.96. The van der Waals surface area contributed by atoms with Crippen LogP contribution in [0.25, 0.3) is 6.08 Å². The second kappa shape index (κ2) is 6.66. The van der Waals surface area contributed by atoms with E-state index in [4.69, 9.17) is 4.74 Å². The Morgan fingerprint density at radius 3 is 2.29 bits per heavy atom. The van der Waals surface area contributed by atoms with Gasteiger partial charge in [-0.3, -0.25) is 0 Å². The molecule has 1 aromatic carbocycles. The minimum absolute atomic E-state index is 0.499. The summed E-state index contributed by atoms with van der Waals surface area (Å²) in [5.74, 6) is -1.59. The minimum Gasteiger partial charge on any atom is -0.370 e. The average molecular weight is 443 g/mol. The van der Waals surface area contributed by atoms with Gasteiger partial charge in [0.25, 0.3) is 4.08 Å². The van der Waals surface area contributed by atoms with Crippen molar-refractivity contribution >= 4 is 42.5 Å². The quantitative estimate of drug-likeness (QED) is 0.517. The lowest BCUT2D eigenvalue weighted by molar-refractivity contribution is 0.139. The average Bonchev–Trinajstić information content (AvgIpc) is 2.85. The Balaban J connectivity index is 2.61. The van der Waals surface area contributed by atoms with E-state index in [0.717, 1.165) is 12.2 Å². The number of rotatable bonds is 5. The van der Waals surface area contributed by atoms with Crippen LogP contribution in [0.4, 0.5) is 7.77 Å². The van der Waals surface area contributed by atoms with Crippen LogP contribution in [0.15, 0.2) is 47.5 Å². The SMILES string of the molecule is C=CC1COC(/C=C/c2ccccc2Br)C1(S(=O)(=O)F)S(=O)(=O)F. The zero-order valence-corrected chi connectivity index (χ0v) is 15.3. The van der Waals surface area contributed by atoms with Gasteiger partial charge in [0.15, 0.2) is 0 Å². The van der Waals surface area contributed by atoms with E-state index in [1.54, 1.807) is 24.3 Å². The molecule has 0 bridgehead atoms. The molecule has 0 saturated carbocycles. The van der Waals surface area contributed by atoms with Crippen LogP contribution in [0.1, 0.15) is 5.56 Å². The first kappa shape index (κ1) is 19.2. The summed E-state index contributed by atoms with van der Waals surface area (Å²) in [4.78, 5) is 0. The van der Waals surface area contributed by atoms with E-state index in [9.17, 15) is 24.6 Å². The molecule has 2 unspecified atom stereocenters. The summed E-state index contributed by atoms with van der Waals surface area (Å²) in [6, 6.07) is 6.73. The van der Waals surface area contributed by atoms with Gasteiger partial charge >= 0.3 is 20.4 Å². The second-order valence-electron chi connectivity index (χ2n) is 5.07. The fourth-order valence-corrected chi connectivity index (χ4v) is 5.90. The van der Waals surface area contributed by atoms with Gasteiger partial charge < -0.3 is 4.74 Å². The van der Waals surface area contributed by atoms with E-state index in [-0.39, 0.29) is 0 Å². The molecule has 24 heavy (non-hydrogen) atoms. The number of hydrogen-bond donors (Lipinski definition) is 0. The third kappa shape index (κ3) is 3.07. The van der Waals surface area contributed by atoms with Crippen molar-refractivity contribution in [3.63, 3.8) is 0 Å². The zero-order valence-electron chi connectivity index (χ0n) is 12.1. The largest absolute Gasteiger partial charge is 0.370 e. The molecule has 1 aliphatic heterocycles. The number of ether oxygens (including phenoxy) is 1. The van der Waals surface area contributed by atoms with E-state index in [0.29, 0.717) is 10.0 Å². The minimum atomic E-state index is -5.87. The van der Waals surface area contributed by atoms with Gasteiger partial charge in [-0.15, -0.1) is 14.4 Å². The maximum atomic E-state index is 13.9. The van der Waals surface area contributed by atoms with Gasteiger partial charge in [0.1, 0.15) is 6.10 Å². The lowest BCUT2D eigenvalue weighted by Crippen LogP contribution is -2.52. The fraction of sp³-hybridized carbons (Fsp3) is 0.286. The number of hydrogen-bond acceptors (Lipinski definition) is 5. The normalized spacial score (nSPS) is 24.3. The van der Waals surface area contributed by atoms with Crippen LogP contribution in [-0.2, 0) is 25.2 Å². The molecule has 10 heteroatoms. The first-order valence-corrected chi connectivity index (χ1v) is 10.2. The van der Waals surface area contributed by atoms with Crippen LogP contribution < -0.4 is 0 Å². The van der Waals surface area contributed by atoms with Crippen molar-refractivity contribution in [1.82, 2.24) is 0 Å². The summed E-state index contributed by atoms with van der Waals surface area (Å²) >= 11 is 3.25. The molecular weight excluding hydrogens is 430 g/mol. The van der Waals surface area contributed by atoms with Crippen molar-refractivity contribution in [2.75, 3.05) is 6.61 Å². The topological polar surface area (TPSA) is 77.5 Å². The van der Waals surface area contributed by atoms with Crippen LogP contribution in [-0.4, -0.2) is 33.6 Å². The lowest BCUT2D eigenvalue weighted by Gasteiger charge is -2.27. The van der Waals surface area contributed by atoms with Crippen LogP contribution in [0.3, 0.4) is 0 Å². The van der Waals surface area contributed by atoms with Crippen molar-refractivity contribution < 1.29 is 29.3 Å². The Labute approximate surface area is 147 Å². The molecule has 0 spiro atoms. The molecular formula is C14H13BrF2O5S2. The van der Waals surface area contributed by atoms with Crippen LogP contribution in [0, 0.1) is 5.92 Å². The van der Waals surface area contributed by atoms with Crippen molar-refractivity contribution in [3.05, 3.63) is 53.0 Å². The van der Waals surface area contributed by atoms with Crippen LogP contribution in [0.2, 0.25) is 0 Å². The highest BCUT2D eigenvalue weighted by molar-refractivity contribution is 9.10. The molecule has 1 aromatic rings. The fourth-order valence-electron chi connectivity index (χ4n) is 2.63. The van der Waals surface area contributed by atoms with Crippen LogP contribution >= 0.6 is 15.9 Å². The molecule has 2 rings (SSSR count). The Kier molecular flexibility index (Phi) is 5.34.